The first kappa shape index (κ1) is 21.7. The number of hydrogen-bond acceptors (Lipinski definition) is 5. The minimum Gasteiger partial charge on any atom is -0.489 e. The van der Waals surface area contributed by atoms with Crippen LogP contribution in [0.2, 0.25) is 0 Å². The van der Waals surface area contributed by atoms with Crippen molar-refractivity contribution < 1.29 is 23.7 Å². The zero-order valence-electron chi connectivity index (χ0n) is 18.7. The predicted octanol–water partition coefficient (Wildman–Crippen LogP) is 5.57. The van der Waals surface area contributed by atoms with Gasteiger partial charge in [-0.1, -0.05) is 54.6 Å². The lowest BCUT2D eigenvalue weighted by atomic mass is 9.86. The maximum absolute atomic E-state index is 12.2. The van der Waals surface area contributed by atoms with E-state index in [9.17, 15) is 4.79 Å². The van der Waals surface area contributed by atoms with Crippen LogP contribution in [0.4, 0.5) is 0 Å². The molecule has 2 heterocycles. The molecule has 3 atom stereocenters. The summed E-state index contributed by atoms with van der Waals surface area (Å²) < 4.78 is 23.1. The molecular weight excluding hydrogens is 416 g/mol. The Labute approximate surface area is 194 Å². The second kappa shape index (κ2) is 9.77. The van der Waals surface area contributed by atoms with Crippen molar-refractivity contribution in [2.45, 2.75) is 44.0 Å². The van der Waals surface area contributed by atoms with E-state index in [0.717, 1.165) is 35.1 Å². The van der Waals surface area contributed by atoms with Gasteiger partial charge >= 0.3 is 5.97 Å². The molecule has 5 heteroatoms. The van der Waals surface area contributed by atoms with E-state index in [1.54, 1.807) is 7.11 Å². The van der Waals surface area contributed by atoms with Crippen molar-refractivity contribution >= 4 is 5.97 Å². The zero-order chi connectivity index (χ0) is 22.6. The SMILES string of the molecule is COC1CCOC(c2cccc(COc3ccc4c(c3)OC(=O)CC4c3ccccc3)c2)C1. The molecule has 5 nitrogen and oxygen atoms in total. The molecule has 33 heavy (non-hydrogen) atoms. The lowest BCUT2D eigenvalue weighted by Gasteiger charge is -2.29. The first-order valence-electron chi connectivity index (χ1n) is 11.4. The first-order chi connectivity index (χ1) is 16.2. The summed E-state index contributed by atoms with van der Waals surface area (Å²) in [5.74, 6) is 1.03. The Morgan fingerprint density at radius 1 is 0.970 bits per heavy atom. The number of benzene rings is 3. The van der Waals surface area contributed by atoms with Crippen LogP contribution in [-0.4, -0.2) is 25.8 Å². The second-order valence-electron chi connectivity index (χ2n) is 8.62. The van der Waals surface area contributed by atoms with Crippen LogP contribution in [-0.2, 0) is 20.9 Å². The highest BCUT2D eigenvalue weighted by molar-refractivity contribution is 5.78. The fraction of sp³-hybridized carbons (Fsp3) is 0.321. The second-order valence-corrected chi connectivity index (χ2v) is 8.62. The molecule has 3 unspecified atom stereocenters. The zero-order valence-corrected chi connectivity index (χ0v) is 18.7. The Bertz CT molecular complexity index is 1110. The van der Waals surface area contributed by atoms with E-state index in [1.807, 2.05) is 48.5 Å². The van der Waals surface area contributed by atoms with Gasteiger partial charge in [-0.25, -0.2) is 0 Å². The van der Waals surface area contributed by atoms with E-state index in [1.165, 1.54) is 0 Å². The van der Waals surface area contributed by atoms with Crippen LogP contribution < -0.4 is 9.47 Å². The van der Waals surface area contributed by atoms with Crippen LogP contribution >= 0.6 is 0 Å². The number of carbonyl (C=O) groups is 1. The van der Waals surface area contributed by atoms with Crippen molar-refractivity contribution in [2.24, 2.45) is 0 Å². The third-order valence-electron chi connectivity index (χ3n) is 6.45. The smallest absolute Gasteiger partial charge is 0.312 e. The molecule has 0 N–H and O–H groups in total. The summed E-state index contributed by atoms with van der Waals surface area (Å²) in [7, 11) is 1.76. The maximum atomic E-state index is 12.2. The lowest BCUT2D eigenvalue weighted by Crippen LogP contribution is -2.25. The van der Waals surface area contributed by atoms with Crippen molar-refractivity contribution in [2.75, 3.05) is 13.7 Å². The quantitative estimate of drug-likeness (QED) is 0.367. The summed E-state index contributed by atoms with van der Waals surface area (Å²) in [5, 5.41) is 0. The van der Waals surface area contributed by atoms with Gasteiger partial charge in [0.25, 0.3) is 0 Å². The van der Waals surface area contributed by atoms with Crippen molar-refractivity contribution in [3.63, 3.8) is 0 Å². The molecule has 2 aliphatic rings. The third-order valence-corrected chi connectivity index (χ3v) is 6.45. The molecule has 5 rings (SSSR count). The van der Waals surface area contributed by atoms with Gasteiger partial charge < -0.3 is 18.9 Å². The van der Waals surface area contributed by atoms with Gasteiger partial charge in [-0.3, -0.25) is 4.79 Å². The van der Waals surface area contributed by atoms with Gasteiger partial charge in [0.1, 0.15) is 18.1 Å². The number of fused-ring (bicyclic) bond motifs is 1. The number of methoxy groups -OCH3 is 1. The molecule has 0 saturated carbocycles. The molecule has 1 fully saturated rings. The van der Waals surface area contributed by atoms with Crippen LogP contribution in [0.15, 0.2) is 72.8 Å². The van der Waals surface area contributed by atoms with Gasteiger partial charge in [-0.15, -0.1) is 0 Å². The summed E-state index contributed by atoms with van der Waals surface area (Å²) in [6.45, 7) is 1.13. The van der Waals surface area contributed by atoms with Gasteiger partial charge in [0.15, 0.2) is 0 Å². The summed E-state index contributed by atoms with van der Waals surface area (Å²) in [5.41, 5.74) is 4.33. The number of carbonyl (C=O) groups excluding carboxylic acids is 1. The topological polar surface area (TPSA) is 54.0 Å². The molecule has 1 saturated heterocycles. The Kier molecular flexibility index (Phi) is 6.42. The summed E-state index contributed by atoms with van der Waals surface area (Å²) in [4.78, 5) is 12.2. The molecule has 0 aromatic heterocycles. The number of hydrogen-bond donors (Lipinski definition) is 0. The Morgan fingerprint density at radius 3 is 2.67 bits per heavy atom. The van der Waals surface area contributed by atoms with E-state index in [2.05, 4.69) is 24.3 Å². The molecule has 0 bridgehead atoms. The molecule has 0 spiro atoms. The maximum Gasteiger partial charge on any atom is 0.312 e. The molecule has 3 aromatic rings. The highest BCUT2D eigenvalue weighted by atomic mass is 16.5. The number of rotatable bonds is 6. The molecule has 2 aliphatic heterocycles. The fourth-order valence-electron chi connectivity index (χ4n) is 4.67. The highest BCUT2D eigenvalue weighted by Gasteiger charge is 2.29. The monoisotopic (exact) mass is 444 g/mol. The van der Waals surface area contributed by atoms with Gasteiger partial charge in [0, 0.05) is 37.7 Å². The molecule has 0 amide bonds. The van der Waals surface area contributed by atoms with Crippen molar-refractivity contribution in [1.29, 1.82) is 0 Å². The standard InChI is InChI=1S/C28H28O5/c1-30-22-12-13-31-26(15-22)21-9-5-6-19(14-21)18-32-23-10-11-24-25(20-7-3-2-4-8-20)17-28(29)33-27(24)16-23/h2-11,14,16,22,25-26H,12-13,15,17-18H2,1H3. The average molecular weight is 445 g/mol. The van der Waals surface area contributed by atoms with Crippen molar-refractivity contribution in [3.05, 3.63) is 95.1 Å². The molecule has 0 radical (unpaired) electrons. The van der Waals surface area contributed by atoms with Crippen LogP contribution in [0.1, 0.15) is 53.5 Å². The lowest BCUT2D eigenvalue weighted by molar-refractivity contribution is -0.135. The largest absolute Gasteiger partial charge is 0.489 e. The van der Waals surface area contributed by atoms with E-state index >= 15 is 0 Å². The molecule has 170 valence electrons. The van der Waals surface area contributed by atoms with Crippen LogP contribution in [0.25, 0.3) is 0 Å². The third kappa shape index (κ3) is 4.95. The van der Waals surface area contributed by atoms with Crippen molar-refractivity contribution in [3.8, 4) is 11.5 Å². The van der Waals surface area contributed by atoms with Gasteiger partial charge in [-0.05, 0) is 35.2 Å². The van der Waals surface area contributed by atoms with Gasteiger partial charge in [0.2, 0.25) is 0 Å². The summed E-state index contributed by atoms with van der Waals surface area (Å²) in [6, 6.07) is 24.1. The normalized spacial score (nSPS) is 22.3. The minimum atomic E-state index is -0.219. The Hall–Kier alpha value is -3.15. The molecule has 0 aliphatic carbocycles. The van der Waals surface area contributed by atoms with Crippen molar-refractivity contribution in [1.82, 2.24) is 0 Å². The van der Waals surface area contributed by atoms with Crippen LogP contribution in [0.5, 0.6) is 11.5 Å². The van der Waals surface area contributed by atoms with E-state index in [-0.39, 0.29) is 24.1 Å². The number of esters is 1. The van der Waals surface area contributed by atoms with E-state index in [0.29, 0.717) is 31.1 Å². The molecular formula is C28H28O5. The predicted molar refractivity (Wildman–Crippen MR) is 124 cm³/mol. The first-order valence-corrected chi connectivity index (χ1v) is 11.4. The Morgan fingerprint density at radius 2 is 1.82 bits per heavy atom. The average Bonchev–Trinajstić information content (AvgIpc) is 2.87. The van der Waals surface area contributed by atoms with Crippen LogP contribution in [0, 0.1) is 0 Å². The van der Waals surface area contributed by atoms with Gasteiger partial charge in [-0.2, -0.15) is 0 Å². The fourth-order valence-corrected chi connectivity index (χ4v) is 4.67. The number of ether oxygens (including phenoxy) is 4. The summed E-state index contributed by atoms with van der Waals surface area (Å²) in [6.07, 6.45) is 2.42. The highest BCUT2D eigenvalue weighted by Crippen LogP contribution is 2.40. The van der Waals surface area contributed by atoms with E-state index in [4.69, 9.17) is 18.9 Å². The Balaban J connectivity index is 1.29. The molecule has 3 aromatic carbocycles. The summed E-state index contributed by atoms with van der Waals surface area (Å²) >= 11 is 0. The minimum absolute atomic E-state index is 0.000369. The van der Waals surface area contributed by atoms with Crippen LogP contribution in [0.3, 0.4) is 0 Å². The van der Waals surface area contributed by atoms with Gasteiger partial charge in [0.05, 0.1) is 18.6 Å². The van der Waals surface area contributed by atoms with E-state index < -0.39 is 0 Å².